The number of aromatic nitrogens is 2. The van der Waals surface area contributed by atoms with Crippen molar-refractivity contribution in [2.45, 2.75) is 6.04 Å². The van der Waals surface area contributed by atoms with E-state index in [0.29, 0.717) is 17.3 Å². The molecule has 1 aromatic heterocycles. The first kappa shape index (κ1) is 13.8. The summed E-state index contributed by atoms with van der Waals surface area (Å²) < 4.78 is 11.4. The summed E-state index contributed by atoms with van der Waals surface area (Å²) in [5.74, 6) is 1.85. The van der Waals surface area contributed by atoms with Crippen molar-refractivity contribution in [3.8, 4) is 11.5 Å². The van der Waals surface area contributed by atoms with E-state index >= 15 is 0 Å². The highest BCUT2D eigenvalue weighted by Gasteiger charge is 2.20. The Morgan fingerprint density at radius 1 is 1.16 bits per heavy atom. The van der Waals surface area contributed by atoms with Gasteiger partial charge in [0.1, 0.15) is 21.8 Å². The van der Waals surface area contributed by atoms with Crippen molar-refractivity contribution in [1.82, 2.24) is 9.97 Å². The van der Waals surface area contributed by atoms with Gasteiger partial charge in [-0.1, -0.05) is 0 Å². The number of hydrogen-bond donors (Lipinski definition) is 1. The Morgan fingerprint density at radius 3 is 2.42 bits per heavy atom. The molecule has 0 amide bonds. The lowest BCUT2D eigenvalue weighted by Crippen LogP contribution is -2.16. The predicted molar refractivity (Wildman–Crippen MR) is 75.3 cm³/mol. The first-order valence-corrected chi connectivity index (χ1v) is 6.41. The Labute approximate surface area is 119 Å². The number of nitrogens with zero attached hydrogens (tertiary/aromatic N) is 2. The molecule has 5 nitrogen and oxygen atoms in total. The fourth-order valence-corrected chi connectivity index (χ4v) is 2.46. The molecule has 100 valence electrons. The van der Waals surface area contributed by atoms with Crippen molar-refractivity contribution in [3.63, 3.8) is 0 Å². The van der Waals surface area contributed by atoms with Crippen LogP contribution in [-0.4, -0.2) is 24.2 Å². The van der Waals surface area contributed by atoms with Crippen LogP contribution in [0.3, 0.4) is 0 Å². The smallest absolute Gasteiger partial charge is 0.149 e. The maximum absolute atomic E-state index is 6.19. The monoisotopic (exact) mass is 323 g/mol. The summed E-state index contributed by atoms with van der Waals surface area (Å²) in [6.07, 6.45) is 3.32. The van der Waals surface area contributed by atoms with Crippen LogP contribution in [0.15, 0.2) is 35.1 Å². The standard InChI is InChI=1S/C13H14BrN3O2/c1-18-9-5-4-8(12(19-2)10(9)14)11(15)13-16-6-3-7-17-13/h3-7,11H,15H2,1-2H3. The van der Waals surface area contributed by atoms with Crippen LogP contribution in [0.2, 0.25) is 0 Å². The van der Waals surface area contributed by atoms with Crippen LogP contribution in [0, 0.1) is 0 Å². The van der Waals surface area contributed by atoms with Crippen molar-refractivity contribution in [2.75, 3.05) is 14.2 Å². The summed E-state index contributed by atoms with van der Waals surface area (Å²) in [6, 6.07) is 4.96. The molecule has 0 radical (unpaired) electrons. The summed E-state index contributed by atoms with van der Waals surface area (Å²) in [5.41, 5.74) is 6.98. The molecule has 1 aromatic carbocycles. The van der Waals surface area contributed by atoms with Crippen LogP contribution in [0.1, 0.15) is 17.4 Å². The predicted octanol–water partition coefficient (Wildman–Crippen LogP) is 2.30. The van der Waals surface area contributed by atoms with E-state index < -0.39 is 6.04 Å². The van der Waals surface area contributed by atoms with Gasteiger partial charge in [0.05, 0.1) is 20.3 Å². The Kier molecular flexibility index (Phi) is 4.34. The molecule has 0 saturated carbocycles. The van der Waals surface area contributed by atoms with Gasteiger partial charge in [-0.05, 0) is 34.1 Å². The quantitative estimate of drug-likeness (QED) is 0.934. The van der Waals surface area contributed by atoms with Crippen molar-refractivity contribution in [2.24, 2.45) is 5.73 Å². The molecular formula is C13H14BrN3O2. The molecule has 19 heavy (non-hydrogen) atoms. The minimum absolute atomic E-state index is 0.460. The van der Waals surface area contributed by atoms with Gasteiger partial charge < -0.3 is 15.2 Å². The van der Waals surface area contributed by atoms with Gasteiger partial charge >= 0.3 is 0 Å². The molecule has 0 aliphatic heterocycles. The number of rotatable bonds is 4. The largest absolute Gasteiger partial charge is 0.495 e. The van der Waals surface area contributed by atoms with Gasteiger partial charge in [0.25, 0.3) is 0 Å². The fourth-order valence-electron chi connectivity index (χ4n) is 1.77. The Balaban J connectivity index is 2.48. The summed E-state index contributed by atoms with van der Waals surface area (Å²) in [5, 5.41) is 0. The van der Waals surface area contributed by atoms with Gasteiger partial charge in [-0.25, -0.2) is 9.97 Å². The number of nitrogens with two attached hydrogens (primary N) is 1. The molecule has 0 bridgehead atoms. The second-order valence-corrected chi connectivity index (χ2v) is 4.58. The molecule has 0 saturated heterocycles. The molecule has 1 heterocycles. The Bertz CT molecular complexity index is 563. The van der Waals surface area contributed by atoms with Crippen LogP contribution in [0.4, 0.5) is 0 Å². The topological polar surface area (TPSA) is 70.3 Å². The van der Waals surface area contributed by atoms with E-state index in [9.17, 15) is 0 Å². The van der Waals surface area contributed by atoms with Crippen molar-refractivity contribution < 1.29 is 9.47 Å². The molecule has 2 rings (SSSR count). The average Bonchev–Trinajstić information content (AvgIpc) is 2.47. The zero-order valence-electron chi connectivity index (χ0n) is 10.6. The molecule has 1 unspecified atom stereocenters. The summed E-state index contributed by atoms with van der Waals surface area (Å²) >= 11 is 3.45. The van der Waals surface area contributed by atoms with Gasteiger partial charge in [-0.2, -0.15) is 0 Å². The van der Waals surface area contributed by atoms with Crippen LogP contribution in [0.5, 0.6) is 11.5 Å². The average molecular weight is 324 g/mol. The zero-order valence-corrected chi connectivity index (χ0v) is 12.2. The van der Waals surface area contributed by atoms with Gasteiger partial charge in [0.2, 0.25) is 0 Å². The third kappa shape index (κ3) is 2.69. The SMILES string of the molecule is COc1ccc(C(N)c2ncccn2)c(OC)c1Br. The fraction of sp³-hybridized carbons (Fsp3) is 0.231. The van der Waals surface area contributed by atoms with Crippen LogP contribution < -0.4 is 15.2 Å². The van der Waals surface area contributed by atoms with E-state index in [1.165, 1.54) is 0 Å². The lowest BCUT2D eigenvalue weighted by atomic mass is 10.1. The highest BCUT2D eigenvalue weighted by Crippen LogP contribution is 2.39. The number of methoxy groups -OCH3 is 2. The minimum atomic E-state index is -0.460. The molecule has 0 aliphatic carbocycles. The second-order valence-electron chi connectivity index (χ2n) is 3.79. The van der Waals surface area contributed by atoms with E-state index in [2.05, 4.69) is 25.9 Å². The van der Waals surface area contributed by atoms with Crippen molar-refractivity contribution >= 4 is 15.9 Å². The Hall–Kier alpha value is -1.66. The third-order valence-corrected chi connectivity index (χ3v) is 3.47. The molecule has 6 heteroatoms. The molecule has 0 aliphatic rings. The van der Waals surface area contributed by atoms with Crippen LogP contribution >= 0.6 is 15.9 Å². The van der Waals surface area contributed by atoms with Gasteiger partial charge in [0.15, 0.2) is 0 Å². The number of ether oxygens (including phenoxy) is 2. The van der Waals surface area contributed by atoms with E-state index in [-0.39, 0.29) is 0 Å². The maximum Gasteiger partial charge on any atom is 0.149 e. The highest BCUT2D eigenvalue weighted by molar-refractivity contribution is 9.10. The summed E-state index contributed by atoms with van der Waals surface area (Å²) in [6.45, 7) is 0. The zero-order chi connectivity index (χ0) is 13.8. The van der Waals surface area contributed by atoms with E-state index in [4.69, 9.17) is 15.2 Å². The van der Waals surface area contributed by atoms with Gasteiger partial charge in [-0.3, -0.25) is 0 Å². The number of hydrogen-bond acceptors (Lipinski definition) is 5. The van der Waals surface area contributed by atoms with Gasteiger partial charge in [-0.15, -0.1) is 0 Å². The lowest BCUT2D eigenvalue weighted by molar-refractivity contribution is 0.384. The molecule has 1 atom stereocenters. The molecule has 0 spiro atoms. The molecule has 2 aromatic rings. The summed E-state index contributed by atoms with van der Waals surface area (Å²) in [7, 11) is 3.18. The number of halogens is 1. The van der Waals surface area contributed by atoms with Crippen LogP contribution in [0.25, 0.3) is 0 Å². The van der Waals surface area contributed by atoms with Crippen molar-refractivity contribution in [1.29, 1.82) is 0 Å². The van der Waals surface area contributed by atoms with Crippen molar-refractivity contribution in [3.05, 3.63) is 46.5 Å². The first-order valence-electron chi connectivity index (χ1n) is 5.62. The lowest BCUT2D eigenvalue weighted by Gasteiger charge is -2.17. The Morgan fingerprint density at radius 2 is 1.84 bits per heavy atom. The molecular weight excluding hydrogens is 310 g/mol. The normalized spacial score (nSPS) is 12.0. The molecule has 2 N–H and O–H groups in total. The molecule has 0 fully saturated rings. The second kappa shape index (κ2) is 5.99. The third-order valence-electron chi connectivity index (χ3n) is 2.72. The van der Waals surface area contributed by atoms with Crippen LogP contribution in [-0.2, 0) is 0 Å². The minimum Gasteiger partial charge on any atom is -0.495 e. The highest BCUT2D eigenvalue weighted by atomic mass is 79.9. The number of benzene rings is 1. The maximum atomic E-state index is 6.19. The van der Waals surface area contributed by atoms with Gasteiger partial charge in [0, 0.05) is 18.0 Å². The first-order chi connectivity index (χ1) is 9.19. The van der Waals surface area contributed by atoms with E-state index in [0.717, 1.165) is 10.0 Å². The van der Waals surface area contributed by atoms with E-state index in [1.807, 2.05) is 12.1 Å². The summed E-state index contributed by atoms with van der Waals surface area (Å²) in [4.78, 5) is 8.33. The van der Waals surface area contributed by atoms with E-state index in [1.54, 1.807) is 32.7 Å².